The van der Waals surface area contributed by atoms with E-state index in [1.54, 1.807) is 18.3 Å². The third-order valence-corrected chi connectivity index (χ3v) is 4.20. The summed E-state index contributed by atoms with van der Waals surface area (Å²) in [6, 6.07) is 13.9. The largest absolute Gasteiger partial charge is 0.336 e. The van der Waals surface area contributed by atoms with Gasteiger partial charge in [-0.2, -0.15) is 0 Å². The molecule has 1 aromatic heterocycles. The minimum absolute atomic E-state index is 0.0301. The lowest BCUT2D eigenvalue weighted by Gasteiger charge is -2.34. The number of nitrogens with zero attached hydrogens (tertiary/aromatic N) is 3. The fraction of sp³-hybridized carbons (Fsp3) is 0.294. The smallest absolute Gasteiger partial charge is 0.257 e. The maximum absolute atomic E-state index is 12.5. The van der Waals surface area contributed by atoms with Gasteiger partial charge >= 0.3 is 0 Å². The third kappa shape index (κ3) is 3.46. The Hall–Kier alpha value is -1.91. The number of halogens is 1. The molecule has 0 N–H and O–H groups in total. The molecule has 4 nitrogen and oxygen atoms in total. The van der Waals surface area contributed by atoms with E-state index in [4.69, 9.17) is 11.6 Å². The number of benzene rings is 1. The van der Waals surface area contributed by atoms with E-state index in [-0.39, 0.29) is 11.1 Å². The molecule has 2 aromatic rings. The molecule has 0 bridgehead atoms. The number of amides is 1. The molecule has 22 heavy (non-hydrogen) atoms. The molecular formula is C17H18ClN3O. The van der Waals surface area contributed by atoms with Crippen LogP contribution in [-0.2, 0) is 6.54 Å². The average molecular weight is 316 g/mol. The topological polar surface area (TPSA) is 36.4 Å². The predicted octanol–water partition coefficient (Wildman–Crippen LogP) is 2.69. The number of piperazine rings is 1. The first-order valence-corrected chi connectivity index (χ1v) is 7.78. The molecular weight excluding hydrogens is 298 g/mol. The maximum Gasteiger partial charge on any atom is 0.257 e. The molecule has 1 amide bonds. The number of aromatic nitrogens is 1. The van der Waals surface area contributed by atoms with Crippen LogP contribution in [-0.4, -0.2) is 46.9 Å². The minimum atomic E-state index is -0.0301. The molecule has 1 fully saturated rings. The molecule has 0 spiro atoms. The van der Waals surface area contributed by atoms with Crippen molar-refractivity contribution in [2.75, 3.05) is 26.2 Å². The summed E-state index contributed by atoms with van der Waals surface area (Å²) in [4.78, 5) is 20.7. The minimum Gasteiger partial charge on any atom is -0.336 e. The second-order valence-electron chi connectivity index (χ2n) is 5.40. The van der Waals surface area contributed by atoms with Gasteiger partial charge in [0.15, 0.2) is 0 Å². The number of hydrogen-bond acceptors (Lipinski definition) is 3. The van der Waals surface area contributed by atoms with Crippen molar-refractivity contribution in [1.82, 2.24) is 14.8 Å². The molecule has 1 aromatic carbocycles. The van der Waals surface area contributed by atoms with E-state index in [0.717, 1.165) is 32.7 Å². The van der Waals surface area contributed by atoms with Gasteiger partial charge in [0.25, 0.3) is 5.91 Å². The van der Waals surface area contributed by atoms with E-state index in [9.17, 15) is 4.79 Å². The summed E-state index contributed by atoms with van der Waals surface area (Å²) in [6.07, 6.45) is 1.59. The normalized spacial score (nSPS) is 15.8. The van der Waals surface area contributed by atoms with Gasteiger partial charge in [0.2, 0.25) is 0 Å². The predicted molar refractivity (Wildman–Crippen MR) is 86.9 cm³/mol. The van der Waals surface area contributed by atoms with Crippen molar-refractivity contribution in [2.24, 2.45) is 0 Å². The third-order valence-electron chi connectivity index (χ3n) is 3.90. The zero-order valence-electron chi connectivity index (χ0n) is 12.3. The van der Waals surface area contributed by atoms with Crippen LogP contribution in [0.25, 0.3) is 0 Å². The Labute approximate surface area is 135 Å². The Balaban J connectivity index is 1.58. The van der Waals surface area contributed by atoms with Gasteiger partial charge in [-0.15, -0.1) is 0 Å². The summed E-state index contributed by atoms with van der Waals surface area (Å²) in [5.74, 6) is -0.0301. The highest BCUT2D eigenvalue weighted by atomic mass is 35.5. The number of hydrogen-bond donors (Lipinski definition) is 0. The van der Waals surface area contributed by atoms with Gasteiger partial charge < -0.3 is 4.90 Å². The van der Waals surface area contributed by atoms with Gasteiger partial charge in [0, 0.05) is 38.9 Å². The lowest BCUT2D eigenvalue weighted by molar-refractivity contribution is 0.0628. The van der Waals surface area contributed by atoms with E-state index in [1.807, 2.05) is 11.0 Å². The molecule has 1 saturated heterocycles. The van der Waals surface area contributed by atoms with Crippen molar-refractivity contribution < 1.29 is 4.79 Å². The number of carbonyl (C=O) groups is 1. The maximum atomic E-state index is 12.5. The molecule has 3 rings (SSSR count). The van der Waals surface area contributed by atoms with Gasteiger partial charge in [-0.3, -0.25) is 9.69 Å². The first kappa shape index (κ1) is 15.0. The van der Waals surface area contributed by atoms with Crippen molar-refractivity contribution >= 4 is 17.5 Å². The van der Waals surface area contributed by atoms with Crippen LogP contribution in [0.15, 0.2) is 48.7 Å². The lowest BCUT2D eigenvalue weighted by atomic mass is 10.2. The van der Waals surface area contributed by atoms with Crippen LogP contribution in [0.4, 0.5) is 0 Å². The summed E-state index contributed by atoms with van der Waals surface area (Å²) < 4.78 is 0. The van der Waals surface area contributed by atoms with Crippen LogP contribution in [0.3, 0.4) is 0 Å². The van der Waals surface area contributed by atoms with Crippen molar-refractivity contribution in [2.45, 2.75) is 6.54 Å². The van der Waals surface area contributed by atoms with Gasteiger partial charge in [-0.05, 0) is 17.7 Å². The summed E-state index contributed by atoms with van der Waals surface area (Å²) >= 11 is 6.01. The Bertz CT molecular complexity index is 639. The van der Waals surface area contributed by atoms with Crippen molar-refractivity contribution in [3.05, 3.63) is 64.9 Å². The molecule has 2 heterocycles. The number of pyridine rings is 1. The Morgan fingerprint density at radius 1 is 1.05 bits per heavy atom. The first-order valence-electron chi connectivity index (χ1n) is 7.40. The fourth-order valence-electron chi connectivity index (χ4n) is 2.67. The highest BCUT2D eigenvalue weighted by Gasteiger charge is 2.23. The second-order valence-corrected chi connectivity index (χ2v) is 5.75. The zero-order chi connectivity index (χ0) is 15.4. The first-order chi connectivity index (χ1) is 10.7. The monoisotopic (exact) mass is 315 g/mol. The summed E-state index contributed by atoms with van der Waals surface area (Å²) in [7, 11) is 0. The van der Waals surface area contributed by atoms with Crippen molar-refractivity contribution in [3.8, 4) is 0 Å². The molecule has 0 aliphatic carbocycles. The average Bonchev–Trinajstić information content (AvgIpc) is 2.56. The van der Waals surface area contributed by atoms with E-state index in [2.05, 4.69) is 34.1 Å². The van der Waals surface area contributed by atoms with Gasteiger partial charge in [0.05, 0.1) is 5.56 Å². The van der Waals surface area contributed by atoms with Gasteiger partial charge in [-0.1, -0.05) is 41.9 Å². The quantitative estimate of drug-likeness (QED) is 0.817. The Kier molecular flexibility index (Phi) is 4.71. The highest BCUT2D eigenvalue weighted by molar-refractivity contribution is 6.32. The SMILES string of the molecule is O=C(c1cccnc1Cl)N1CCN(Cc2ccccc2)CC1. The molecule has 5 heteroatoms. The zero-order valence-corrected chi connectivity index (χ0v) is 13.0. The Morgan fingerprint density at radius 3 is 2.45 bits per heavy atom. The van der Waals surface area contributed by atoms with Crippen LogP contribution in [0.5, 0.6) is 0 Å². The number of rotatable bonds is 3. The van der Waals surface area contributed by atoms with E-state index in [0.29, 0.717) is 5.56 Å². The highest BCUT2D eigenvalue weighted by Crippen LogP contribution is 2.16. The molecule has 1 aliphatic heterocycles. The van der Waals surface area contributed by atoms with Gasteiger partial charge in [0.1, 0.15) is 5.15 Å². The molecule has 0 radical (unpaired) electrons. The summed E-state index contributed by atoms with van der Waals surface area (Å²) in [6.45, 7) is 4.11. The van der Waals surface area contributed by atoms with Crippen LogP contribution in [0.2, 0.25) is 5.15 Å². The fourth-order valence-corrected chi connectivity index (χ4v) is 2.87. The van der Waals surface area contributed by atoms with Crippen molar-refractivity contribution in [3.63, 3.8) is 0 Å². The van der Waals surface area contributed by atoms with E-state index >= 15 is 0 Å². The standard InChI is InChI=1S/C17H18ClN3O/c18-16-15(7-4-8-19-16)17(22)21-11-9-20(10-12-21)13-14-5-2-1-3-6-14/h1-8H,9-13H2. The molecule has 1 aliphatic rings. The lowest BCUT2D eigenvalue weighted by Crippen LogP contribution is -2.48. The second kappa shape index (κ2) is 6.90. The molecule has 0 atom stereocenters. The van der Waals surface area contributed by atoms with Crippen LogP contribution in [0.1, 0.15) is 15.9 Å². The van der Waals surface area contributed by atoms with E-state index in [1.165, 1.54) is 5.56 Å². The Morgan fingerprint density at radius 2 is 1.77 bits per heavy atom. The van der Waals surface area contributed by atoms with Crippen LogP contribution >= 0.6 is 11.6 Å². The van der Waals surface area contributed by atoms with Gasteiger partial charge in [-0.25, -0.2) is 4.98 Å². The molecule has 114 valence electrons. The molecule has 0 saturated carbocycles. The molecule has 0 unspecified atom stereocenters. The van der Waals surface area contributed by atoms with E-state index < -0.39 is 0 Å². The summed E-state index contributed by atoms with van der Waals surface area (Å²) in [5.41, 5.74) is 1.79. The van der Waals surface area contributed by atoms with Crippen molar-refractivity contribution in [1.29, 1.82) is 0 Å². The van der Waals surface area contributed by atoms with Crippen LogP contribution in [0, 0.1) is 0 Å². The summed E-state index contributed by atoms with van der Waals surface area (Å²) in [5, 5.41) is 0.277. The van der Waals surface area contributed by atoms with Crippen LogP contribution < -0.4 is 0 Å². The number of carbonyl (C=O) groups excluding carboxylic acids is 1.